The number of nitrogens with zero attached hydrogens (tertiary/aromatic N) is 2. The molecular weight excluding hydrogens is 280 g/mol. The summed E-state index contributed by atoms with van der Waals surface area (Å²) in [5.41, 5.74) is 1.92. The summed E-state index contributed by atoms with van der Waals surface area (Å²) in [6.45, 7) is 1.38. The van der Waals surface area contributed by atoms with Crippen LogP contribution in [0.1, 0.15) is 6.92 Å². The first-order valence-electron chi connectivity index (χ1n) is 4.57. The molecule has 2 aromatic rings. The minimum atomic E-state index is -0.248. The van der Waals surface area contributed by atoms with Gasteiger partial charge in [-0.2, -0.15) is 8.75 Å². The maximum atomic E-state index is 10.8. The van der Waals surface area contributed by atoms with Crippen LogP contribution in [0.3, 0.4) is 0 Å². The number of halogens is 1. The van der Waals surface area contributed by atoms with Crippen molar-refractivity contribution in [2.75, 3.05) is 5.32 Å². The number of benzene rings is 1. The third-order valence-electron chi connectivity index (χ3n) is 1.91. The fourth-order valence-electron chi connectivity index (χ4n) is 1.25. The lowest BCUT2D eigenvalue weighted by atomic mass is 10.2. The van der Waals surface area contributed by atoms with Gasteiger partial charge in [0.25, 0.3) is 0 Å². The normalized spacial score (nSPS) is 10.2. The Morgan fingerprint density at radius 1 is 1.47 bits per heavy atom. The third-order valence-corrected chi connectivity index (χ3v) is 2.97. The van der Waals surface area contributed by atoms with Gasteiger partial charge in [0.1, 0.15) is 11.0 Å². The molecule has 0 unspecified atom stereocenters. The highest BCUT2D eigenvalue weighted by molar-refractivity contribution is 7.80. The van der Waals surface area contributed by atoms with Gasteiger partial charge in [0.05, 0.1) is 22.4 Å². The van der Waals surface area contributed by atoms with Crippen LogP contribution in [0.2, 0.25) is 5.02 Å². The molecule has 2 N–H and O–H groups in total. The molecule has 0 saturated heterocycles. The number of amides is 1. The van der Waals surface area contributed by atoms with Gasteiger partial charge in [-0.25, -0.2) is 0 Å². The van der Waals surface area contributed by atoms with Crippen molar-refractivity contribution in [2.24, 2.45) is 0 Å². The molecule has 1 amide bonds. The minimum Gasteiger partial charge on any atom is -0.329 e. The molecule has 1 aromatic heterocycles. The van der Waals surface area contributed by atoms with Gasteiger partial charge in [-0.3, -0.25) is 4.79 Å². The monoisotopic (exact) mass is 286 g/mol. The van der Waals surface area contributed by atoms with Crippen LogP contribution in [0.15, 0.2) is 12.1 Å². The highest BCUT2D eigenvalue weighted by Crippen LogP contribution is 2.29. The average molecular weight is 287 g/mol. The number of carbonyl (C=O) groups excluding carboxylic acids is 1. The number of rotatable bonds is 1. The van der Waals surface area contributed by atoms with Crippen LogP contribution in [-0.2, 0) is 4.79 Å². The van der Waals surface area contributed by atoms with Gasteiger partial charge in [0.2, 0.25) is 5.91 Å². The van der Waals surface area contributed by atoms with Crippen molar-refractivity contribution in [1.82, 2.24) is 14.1 Å². The number of anilines is 1. The lowest BCUT2D eigenvalue weighted by Crippen LogP contribution is -2.32. The Morgan fingerprint density at radius 3 is 2.94 bits per heavy atom. The second kappa shape index (κ2) is 4.91. The molecular formula is C9H7ClN4OS2. The molecule has 0 aliphatic heterocycles. The fourth-order valence-corrected chi connectivity index (χ4v) is 2.24. The van der Waals surface area contributed by atoms with Crippen molar-refractivity contribution in [3.05, 3.63) is 17.2 Å². The van der Waals surface area contributed by atoms with E-state index in [0.29, 0.717) is 16.2 Å². The number of hydrogen-bond acceptors (Lipinski definition) is 5. The van der Waals surface area contributed by atoms with Gasteiger partial charge in [-0.05, 0) is 24.4 Å². The molecule has 0 fully saturated rings. The van der Waals surface area contributed by atoms with Crippen LogP contribution in [0.4, 0.5) is 5.69 Å². The van der Waals surface area contributed by atoms with E-state index in [-0.39, 0.29) is 11.0 Å². The van der Waals surface area contributed by atoms with Gasteiger partial charge in [-0.1, -0.05) is 11.6 Å². The summed E-state index contributed by atoms with van der Waals surface area (Å²) in [6.07, 6.45) is 0. The Hall–Kier alpha value is -1.31. The summed E-state index contributed by atoms with van der Waals surface area (Å²) in [6, 6.07) is 3.47. The molecule has 0 spiro atoms. The quantitative estimate of drug-likeness (QED) is 0.787. The van der Waals surface area contributed by atoms with Crippen LogP contribution >= 0.6 is 35.5 Å². The summed E-state index contributed by atoms with van der Waals surface area (Å²) in [7, 11) is 0. The van der Waals surface area contributed by atoms with Gasteiger partial charge in [-0.15, -0.1) is 0 Å². The highest BCUT2D eigenvalue weighted by atomic mass is 35.5. The lowest BCUT2D eigenvalue weighted by Gasteiger charge is -2.09. The molecule has 0 radical (unpaired) electrons. The van der Waals surface area contributed by atoms with E-state index in [2.05, 4.69) is 19.4 Å². The Labute approximate surface area is 111 Å². The van der Waals surface area contributed by atoms with E-state index >= 15 is 0 Å². The zero-order chi connectivity index (χ0) is 12.4. The Bertz CT molecular complexity index is 598. The molecule has 0 saturated carbocycles. The van der Waals surface area contributed by atoms with Crippen molar-refractivity contribution >= 4 is 63.3 Å². The topological polar surface area (TPSA) is 66.9 Å². The number of carbonyl (C=O) groups is 1. The lowest BCUT2D eigenvalue weighted by molar-refractivity contribution is -0.117. The summed E-state index contributed by atoms with van der Waals surface area (Å²) in [5.74, 6) is -0.248. The average Bonchev–Trinajstić information content (AvgIpc) is 2.69. The molecule has 0 aliphatic carbocycles. The maximum absolute atomic E-state index is 10.8. The Morgan fingerprint density at radius 2 is 2.24 bits per heavy atom. The number of fused-ring (bicyclic) bond motifs is 1. The molecule has 2 rings (SSSR count). The van der Waals surface area contributed by atoms with E-state index in [1.54, 1.807) is 12.1 Å². The van der Waals surface area contributed by atoms with Crippen LogP contribution < -0.4 is 10.6 Å². The van der Waals surface area contributed by atoms with E-state index in [1.807, 2.05) is 0 Å². The van der Waals surface area contributed by atoms with E-state index in [1.165, 1.54) is 6.92 Å². The van der Waals surface area contributed by atoms with E-state index < -0.39 is 0 Å². The second-order valence-corrected chi connectivity index (χ2v) is 4.53. The van der Waals surface area contributed by atoms with Crippen LogP contribution in [-0.4, -0.2) is 19.8 Å². The number of nitrogens with one attached hydrogen (secondary N) is 2. The van der Waals surface area contributed by atoms with Gasteiger partial charge >= 0.3 is 0 Å². The van der Waals surface area contributed by atoms with Gasteiger partial charge in [0.15, 0.2) is 5.11 Å². The van der Waals surface area contributed by atoms with Crippen LogP contribution in [0.25, 0.3) is 11.0 Å². The third kappa shape index (κ3) is 2.68. The van der Waals surface area contributed by atoms with Crippen LogP contribution in [0.5, 0.6) is 0 Å². The molecule has 0 bridgehead atoms. The molecule has 0 atom stereocenters. The molecule has 17 heavy (non-hydrogen) atoms. The van der Waals surface area contributed by atoms with Crippen molar-refractivity contribution in [1.29, 1.82) is 0 Å². The maximum Gasteiger partial charge on any atom is 0.222 e. The smallest absolute Gasteiger partial charge is 0.222 e. The molecule has 1 heterocycles. The van der Waals surface area contributed by atoms with Gasteiger partial charge in [0, 0.05) is 6.92 Å². The minimum absolute atomic E-state index is 0.180. The van der Waals surface area contributed by atoms with E-state index in [9.17, 15) is 4.79 Å². The molecule has 8 heteroatoms. The molecule has 0 aliphatic rings. The molecule has 5 nitrogen and oxygen atoms in total. The fraction of sp³-hybridized carbons (Fsp3) is 0.111. The first-order chi connectivity index (χ1) is 8.08. The number of hydrogen-bond donors (Lipinski definition) is 2. The summed E-state index contributed by atoms with van der Waals surface area (Å²) < 4.78 is 8.21. The molecule has 88 valence electrons. The number of aromatic nitrogens is 2. The second-order valence-electron chi connectivity index (χ2n) is 3.19. The SMILES string of the molecule is CC(=O)NC(=S)Nc1c(Cl)ccc2nsnc12. The van der Waals surface area contributed by atoms with Crippen LogP contribution in [0, 0.1) is 0 Å². The Kier molecular flexibility index (Phi) is 3.51. The Balaban J connectivity index is 2.34. The largest absolute Gasteiger partial charge is 0.329 e. The zero-order valence-electron chi connectivity index (χ0n) is 8.65. The van der Waals surface area contributed by atoms with Crippen molar-refractivity contribution < 1.29 is 4.79 Å². The van der Waals surface area contributed by atoms with Crippen molar-refractivity contribution in [3.63, 3.8) is 0 Å². The predicted molar refractivity (Wildman–Crippen MR) is 72.5 cm³/mol. The summed E-state index contributed by atoms with van der Waals surface area (Å²) in [4.78, 5) is 10.8. The van der Waals surface area contributed by atoms with Crippen molar-refractivity contribution in [2.45, 2.75) is 6.92 Å². The standard InChI is InChI=1S/C9H7ClN4OS2/c1-4(15)11-9(16)12-7-5(10)2-3-6-8(7)14-17-13-6/h2-3H,1H3,(H2,11,12,15,16). The van der Waals surface area contributed by atoms with Crippen molar-refractivity contribution in [3.8, 4) is 0 Å². The van der Waals surface area contributed by atoms with E-state index in [4.69, 9.17) is 23.8 Å². The summed E-state index contributed by atoms with van der Waals surface area (Å²) >= 11 is 12.1. The summed E-state index contributed by atoms with van der Waals surface area (Å²) in [5, 5.41) is 5.95. The number of thiocarbonyl (C=S) groups is 1. The highest BCUT2D eigenvalue weighted by Gasteiger charge is 2.11. The zero-order valence-corrected chi connectivity index (χ0v) is 11.0. The molecule has 1 aromatic carbocycles. The first kappa shape index (κ1) is 12.2. The predicted octanol–water partition coefficient (Wildman–Crippen LogP) is 2.18. The van der Waals surface area contributed by atoms with Gasteiger partial charge < -0.3 is 10.6 Å². The van der Waals surface area contributed by atoms with E-state index in [0.717, 1.165) is 17.2 Å². The first-order valence-corrected chi connectivity index (χ1v) is 6.09.